The highest BCUT2D eigenvalue weighted by atomic mass is 28.4. The Hall–Kier alpha value is -0.933. The van der Waals surface area contributed by atoms with Gasteiger partial charge in [-0.15, -0.1) is 0 Å². The molecule has 3 aliphatic carbocycles. The molecule has 0 bridgehead atoms. The molecule has 3 aliphatic rings. The summed E-state index contributed by atoms with van der Waals surface area (Å²) in [4.78, 5) is 13.2. The van der Waals surface area contributed by atoms with Crippen LogP contribution in [0.5, 0.6) is 0 Å². The Kier molecular flexibility index (Phi) is 7.82. The van der Waals surface area contributed by atoms with E-state index in [2.05, 4.69) is 79.8 Å². The Bertz CT molecular complexity index is 790. The first kappa shape index (κ1) is 25.7. The Balaban J connectivity index is 1.80. The van der Waals surface area contributed by atoms with Crippen LogP contribution >= 0.6 is 0 Å². The number of hydrogen-bond acceptors (Lipinski definition) is 2. The maximum Gasteiger partial charge on any atom is 0.192 e. The summed E-state index contributed by atoms with van der Waals surface area (Å²) in [6, 6.07) is 0. The maximum atomic E-state index is 13.2. The summed E-state index contributed by atoms with van der Waals surface area (Å²) in [5.74, 6) is 2.53. The first-order valence-corrected chi connectivity index (χ1v) is 15.9. The molecule has 0 aliphatic heterocycles. The van der Waals surface area contributed by atoms with E-state index >= 15 is 0 Å². The topological polar surface area (TPSA) is 26.3 Å². The van der Waals surface area contributed by atoms with Gasteiger partial charge in [-0.3, -0.25) is 4.79 Å². The smallest absolute Gasteiger partial charge is 0.192 e. The van der Waals surface area contributed by atoms with Gasteiger partial charge in [0.15, 0.2) is 14.1 Å². The number of allylic oxidation sites excluding steroid dienone is 6. The second-order valence-electron chi connectivity index (χ2n) is 12.7. The Labute approximate surface area is 199 Å². The Morgan fingerprint density at radius 2 is 1.91 bits per heavy atom. The lowest BCUT2D eigenvalue weighted by Gasteiger charge is -2.41. The lowest BCUT2D eigenvalue weighted by atomic mass is 9.72. The van der Waals surface area contributed by atoms with Crippen molar-refractivity contribution in [3.63, 3.8) is 0 Å². The molecule has 0 N–H and O–H groups in total. The third-order valence-electron chi connectivity index (χ3n) is 9.11. The molecule has 0 saturated heterocycles. The van der Waals surface area contributed by atoms with Crippen LogP contribution in [-0.4, -0.2) is 20.2 Å². The van der Waals surface area contributed by atoms with Crippen molar-refractivity contribution in [3.8, 4) is 0 Å². The highest BCUT2D eigenvalue weighted by Gasteiger charge is 2.47. The van der Waals surface area contributed by atoms with Crippen molar-refractivity contribution in [2.24, 2.45) is 29.6 Å². The summed E-state index contributed by atoms with van der Waals surface area (Å²) in [5, 5.41) is 0.231. The van der Waals surface area contributed by atoms with Crippen molar-refractivity contribution in [1.82, 2.24) is 0 Å². The Morgan fingerprint density at radius 3 is 2.53 bits per heavy atom. The number of hydrogen-bond donors (Lipinski definition) is 0. The highest BCUT2D eigenvalue weighted by molar-refractivity contribution is 6.74. The van der Waals surface area contributed by atoms with Gasteiger partial charge in [0, 0.05) is 12.0 Å². The van der Waals surface area contributed by atoms with E-state index in [0.717, 1.165) is 25.7 Å². The monoisotopic (exact) mass is 456 g/mol. The van der Waals surface area contributed by atoms with Gasteiger partial charge in [-0.25, -0.2) is 0 Å². The van der Waals surface area contributed by atoms with E-state index in [1.165, 1.54) is 24.0 Å². The summed E-state index contributed by atoms with van der Waals surface area (Å²) >= 11 is 0. The lowest BCUT2D eigenvalue weighted by molar-refractivity contribution is -0.119. The first-order chi connectivity index (χ1) is 14.8. The Morgan fingerprint density at radius 1 is 1.22 bits per heavy atom. The highest BCUT2D eigenvalue weighted by Crippen LogP contribution is 2.51. The minimum Gasteiger partial charge on any atom is -0.414 e. The minimum atomic E-state index is -1.81. The van der Waals surface area contributed by atoms with Gasteiger partial charge in [0.25, 0.3) is 0 Å². The fourth-order valence-corrected chi connectivity index (χ4v) is 7.53. The van der Waals surface area contributed by atoms with Crippen LogP contribution in [0.3, 0.4) is 0 Å². The van der Waals surface area contributed by atoms with Gasteiger partial charge in [0.05, 0.1) is 0 Å². The zero-order valence-electron chi connectivity index (χ0n) is 22.3. The molecule has 1 saturated carbocycles. The van der Waals surface area contributed by atoms with Crippen molar-refractivity contribution in [3.05, 3.63) is 34.9 Å². The minimum absolute atomic E-state index is 0.164. The van der Waals surface area contributed by atoms with E-state index in [4.69, 9.17) is 4.43 Å². The van der Waals surface area contributed by atoms with E-state index in [0.29, 0.717) is 35.6 Å². The van der Waals surface area contributed by atoms with Crippen LogP contribution in [0.1, 0.15) is 87.0 Å². The summed E-state index contributed by atoms with van der Waals surface area (Å²) < 4.78 is 7.00. The third-order valence-corrected chi connectivity index (χ3v) is 13.6. The van der Waals surface area contributed by atoms with Gasteiger partial charge in [-0.05, 0) is 107 Å². The van der Waals surface area contributed by atoms with E-state index in [1.807, 2.05) is 0 Å². The zero-order valence-corrected chi connectivity index (χ0v) is 23.3. The zero-order chi connectivity index (χ0) is 23.8. The number of rotatable bonds is 6. The van der Waals surface area contributed by atoms with Crippen molar-refractivity contribution < 1.29 is 9.22 Å². The summed E-state index contributed by atoms with van der Waals surface area (Å²) in [6.45, 7) is 20.7. The van der Waals surface area contributed by atoms with Crippen LogP contribution in [0.4, 0.5) is 0 Å². The summed E-state index contributed by atoms with van der Waals surface area (Å²) in [7, 11) is -1.81. The normalized spacial score (nSPS) is 33.4. The molecule has 0 spiro atoms. The van der Waals surface area contributed by atoms with Gasteiger partial charge in [0.1, 0.15) is 0 Å². The molecule has 32 heavy (non-hydrogen) atoms. The molecule has 0 aromatic carbocycles. The summed E-state index contributed by atoms with van der Waals surface area (Å²) in [6.07, 6.45) is 13.9. The van der Waals surface area contributed by atoms with Gasteiger partial charge in [-0.2, -0.15) is 0 Å². The van der Waals surface area contributed by atoms with Crippen LogP contribution in [0.25, 0.3) is 0 Å². The molecule has 0 unspecified atom stereocenters. The third kappa shape index (κ3) is 5.41. The molecule has 0 aromatic rings. The van der Waals surface area contributed by atoms with Crippen molar-refractivity contribution >= 4 is 14.1 Å². The molecule has 1 fully saturated rings. The average molecular weight is 457 g/mol. The van der Waals surface area contributed by atoms with Gasteiger partial charge < -0.3 is 4.43 Å². The summed E-state index contributed by atoms with van der Waals surface area (Å²) in [5.41, 5.74) is 4.35. The molecule has 0 heterocycles. The predicted octanol–water partition coefficient (Wildman–Crippen LogP) is 8.27. The predicted molar refractivity (Wildman–Crippen MR) is 139 cm³/mol. The number of fused-ring (bicyclic) bond motifs is 2. The molecule has 180 valence electrons. The van der Waals surface area contributed by atoms with Crippen LogP contribution in [-0.2, 0) is 9.22 Å². The molecule has 3 rings (SSSR count). The van der Waals surface area contributed by atoms with Gasteiger partial charge in [-0.1, -0.05) is 56.6 Å². The van der Waals surface area contributed by atoms with Crippen LogP contribution in [0.15, 0.2) is 34.9 Å². The van der Waals surface area contributed by atoms with Crippen LogP contribution in [0.2, 0.25) is 18.1 Å². The second-order valence-corrected chi connectivity index (χ2v) is 17.5. The molecular formula is C29H48O2Si. The number of carbonyl (C=O) groups excluding carboxylic acids is 1. The van der Waals surface area contributed by atoms with Crippen molar-refractivity contribution in [2.45, 2.75) is 111 Å². The van der Waals surface area contributed by atoms with E-state index in [1.54, 1.807) is 5.57 Å². The molecule has 3 heteroatoms. The molecule has 0 radical (unpaired) electrons. The van der Waals surface area contributed by atoms with Gasteiger partial charge in [0.2, 0.25) is 0 Å². The largest absolute Gasteiger partial charge is 0.414 e. The molecule has 2 nitrogen and oxygen atoms in total. The lowest BCUT2D eigenvalue weighted by Crippen LogP contribution is -2.45. The average Bonchev–Trinajstić information content (AvgIpc) is 3.17. The molecule has 0 amide bonds. The fourth-order valence-electron chi connectivity index (χ4n) is 6.12. The fraction of sp³-hybridized carbons (Fsp3) is 0.759. The number of carbonyl (C=O) groups is 1. The number of ketones is 1. The van der Waals surface area contributed by atoms with E-state index in [-0.39, 0.29) is 11.0 Å². The first-order valence-electron chi connectivity index (χ1n) is 13.0. The maximum absolute atomic E-state index is 13.2. The van der Waals surface area contributed by atoms with Crippen molar-refractivity contribution in [2.75, 3.05) is 0 Å². The van der Waals surface area contributed by atoms with Crippen molar-refractivity contribution in [1.29, 1.82) is 0 Å². The van der Waals surface area contributed by atoms with Crippen LogP contribution in [0, 0.1) is 29.6 Å². The molecular weight excluding hydrogens is 408 g/mol. The quantitative estimate of drug-likeness (QED) is 0.297. The second kappa shape index (κ2) is 9.74. The van der Waals surface area contributed by atoms with E-state index < -0.39 is 8.32 Å². The standard InChI is InChI=1S/C29H48O2Si/c1-19(2)11-10-12-21(4)28-24-14-13-20(3)23-15-16-27(31-32(8,9)29(5,6)7)25(23)17-22(24)18-26(28)30/h11,13,18,21,23-25,27-28H,10,12,14-17H2,1-9H3/b20-13-/t21-,23+,24+,25-,27-,28-/m0/s1. The van der Waals surface area contributed by atoms with Crippen LogP contribution < -0.4 is 0 Å². The van der Waals surface area contributed by atoms with Gasteiger partial charge >= 0.3 is 0 Å². The SMILES string of the molecule is CC(C)=CCC[C@H](C)[C@@H]1C(=O)C=C2C[C@@H]3[C@@H](O[Si](C)(C)C(C)(C)C)CC[C@@H]3/C(C)=C\C[C@H]21. The molecule has 6 atom stereocenters. The van der Waals surface area contributed by atoms with E-state index in [9.17, 15) is 4.79 Å². The molecule has 0 aromatic heterocycles.